The molecule has 0 saturated heterocycles. The third kappa shape index (κ3) is 6.15. The summed E-state index contributed by atoms with van der Waals surface area (Å²) in [7, 11) is 0. The van der Waals surface area contributed by atoms with E-state index in [1.807, 2.05) is 0 Å². The number of carbonyl (C=O) groups is 1. The van der Waals surface area contributed by atoms with Crippen molar-refractivity contribution in [1.29, 1.82) is 0 Å². The van der Waals surface area contributed by atoms with Crippen LogP contribution in [0.5, 0.6) is 0 Å². The van der Waals surface area contributed by atoms with Gasteiger partial charge in [-0.15, -0.1) is 0 Å². The van der Waals surface area contributed by atoms with Crippen LogP contribution in [-0.2, 0) is 9.53 Å². The molecule has 0 aliphatic heterocycles. The maximum absolute atomic E-state index is 13.0. The topological polar surface area (TPSA) is 38.3 Å². The SMILES string of the molecule is CCCCC(NCCC(=O)OCC)c1ccc(F)cc1. The highest BCUT2D eigenvalue weighted by Gasteiger charge is 2.11. The molecule has 0 aliphatic rings. The molecule has 0 amide bonds. The van der Waals surface area contributed by atoms with Crippen molar-refractivity contribution >= 4 is 5.97 Å². The predicted molar refractivity (Wildman–Crippen MR) is 77.9 cm³/mol. The summed E-state index contributed by atoms with van der Waals surface area (Å²) in [5, 5.41) is 3.36. The number of ether oxygens (including phenoxy) is 1. The van der Waals surface area contributed by atoms with Crippen LogP contribution in [0, 0.1) is 5.82 Å². The van der Waals surface area contributed by atoms with Crippen molar-refractivity contribution in [2.75, 3.05) is 13.2 Å². The summed E-state index contributed by atoms with van der Waals surface area (Å²) in [4.78, 5) is 11.3. The van der Waals surface area contributed by atoms with Gasteiger partial charge in [0.15, 0.2) is 0 Å². The number of esters is 1. The zero-order chi connectivity index (χ0) is 14.8. The van der Waals surface area contributed by atoms with Gasteiger partial charge < -0.3 is 10.1 Å². The van der Waals surface area contributed by atoms with Crippen LogP contribution in [0.2, 0.25) is 0 Å². The van der Waals surface area contributed by atoms with Gasteiger partial charge >= 0.3 is 5.97 Å². The highest BCUT2D eigenvalue weighted by Crippen LogP contribution is 2.19. The molecule has 3 nitrogen and oxygen atoms in total. The molecule has 1 rings (SSSR count). The van der Waals surface area contributed by atoms with Crippen LogP contribution < -0.4 is 5.32 Å². The summed E-state index contributed by atoms with van der Waals surface area (Å²) in [5.74, 6) is -0.414. The van der Waals surface area contributed by atoms with Crippen molar-refractivity contribution in [3.05, 3.63) is 35.6 Å². The lowest BCUT2D eigenvalue weighted by Crippen LogP contribution is -2.24. The van der Waals surface area contributed by atoms with Crippen LogP contribution in [0.15, 0.2) is 24.3 Å². The Morgan fingerprint density at radius 1 is 1.30 bits per heavy atom. The van der Waals surface area contributed by atoms with E-state index in [-0.39, 0.29) is 17.8 Å². The molecule has 0 saturated carbocycles. The van der Waals surface area contributed by atoms with Gasteiger partial charge in [-0.05, 0) is 31.0 Å². The van der Waals surface area contributed by atoms with Gasteiger partial charge in [0.1, 0.15) is 5.82 Å². The predicted octanol–water partition coefficient (Wildman–Crippen LogP) is 3.60. The van der Waals surface area contributed by atoms with Crippen molar-refractivity contribution in [2.24, 2.45) is 0 Å². The van der Waals surface area contributed by atoms with Crippen molar-refractivity contribution in [3.8, 4) is 0 Å². The minimum absolute atomic E-state index is 0.157. The first kappa shape index (κ1) is 16.6. The van der Waals surface area contributed by atoms with E-state index in [9.17, 15) is 9.18 Å². The van der Waals surface area contributed by atoms with Gasteiger partial charge in [0, 0.05) is 12.6 Å². The Bertz CT molecular complexity index is 392. The van der Waals surface area contributed by atoms with Crippen LogP contribution in [0.3, 0.4) is 0 Å². The summed E-state index contributed by atoms with van der Waals surface area (Å²) in [6, 6.07) is 6.70. The van der Waals surface area contributed by atoms with Crippen LogP contribution >= 0.6 is 0 Å². The zero-order valence-electron chi connectivity index (χ0n) is 12.3. The number of carbonyl (C=O) groups excluding carboxylic acids is 1. The van der Waals surface area contributed by atoms with E-state index >= 15 is 0 Å². The second-order valence-electron chi connectivity index (χ2n) is 4.76. The molecule has 112 valence electrons. The third-order valence-corrected chi connectivity index (χ3v) is 3.14. The molecule has 1 atom stereocenters. The quantitative estimate of drug-likeness (QED) is 0.703. The molecule has 0 fully saturated rings. The third-order valence-electron chi connectivity index (χ3n) is 3.14. The summed E-state index contributed by atoms with van der Waals surface area (Å²) >= 11 is 0. The Labute approximate surface area is 120 Å². The van der Waals surface area contributed by atoms with E-state index in [0.717, 1.165) is 24.8 Å². The van der Waals surface area contributed by atoms with Gasteiger partial charge in [0.2, 0.25) is 0 Å². The lowest BCUT2D eigenvalue weighted by Gasteiger charge is -2.19. The molecule has 20 heavy (non-hydrogen) atoms. The van der Waals surface area contributed by atoms with E-state index in [4.69, 9.17) is 4.74 Å². The molecule has 1 unspecified atom stereocenters. The van der Waals surface area contributed by atoms with Gasteiger partial charge in [-0.25, -0.2) is 4.39 Å². The number of hydrogen-bond donors (Lipinski definition) is 1. The minimum Gasteiger partial charge on any atom is -0.466 e. The van der Waals surface area contributed by atoms with Gasteiger partial charge in [0.05, 0.1) is 13.0 Å². The Kier molecular flexibility index (Phi) is 7.88. The molecular weight excluding hydrogens is 257 g/mol. The molecule has 1 N–H and O–H groups in total. The number of nitrogens with one attached hydrogen (secondary N) is 1. The highest BCUT2D eigenvalue weighted by molar-refractivity contribution is 5.69. The molecule has 0 radical (unpaired) electrons. The van der Waals surface area contributed by atoms with Crippen LogP contribution in [0.1, 0.15) is 51.1 Å². The molecule has 0 heterocycles. The smallest absolute Gasteiger partial charge is 0.307 e. The summed E-state index contributed by atoms with van der Waals surface area (Å²) < 4.78 is 17.9. The number of unbranched alkanes of at least 4 members (excludes halogenated alkanes) is 1. The van der Waals surface area contributed by atoms with Crippen LogP contribution in [0.4, 0.5) is 4.39 Å². The average molecular weight is 281 g/mol. The summed E-state index contributed by atoms with van der Waals surface area (Å²) in [6.07, 6.45) is 3.54. The number of rotatable bonds is 9. The monoisotopic (exact) mass is 281 g/mol. The number of hydrogen-bond acceptors (Lipinski definition) is 3. The highest BCUT2D eigenvalue weighted by atomic mass is 19.1. The number of benzene rings is 1. The molecule has 0 spiro atoms. The van der Waals surface area contributed by atoms with Crippen molar-refractivity contribution in [2.45, 2.75) is 45.6 Å². The first-order valence-electron chi connectivity index (χ1n) is 7.31. The lowest BCUT2D eigenvalue weighted by atomic mass is 10.0. The van der Waals surface area contributed by atoms with Gasteiger partial charge in [-0.3, -0.25) is 4.79 Å². The van der Waals surface area contributed by atoms with E-state index in [0.29, 0.717) is 19.6 Å². The average Bonchev–Trinajstić information content (AvgIpc) is 2.44. The fourth-order valence-electron chi connectivity index (χ4n) is 2.07. The molecule has 4 heteroatoms. The summed E-state index contributed by atoms with van der Waals surface area (Å²) in [5.41, 5.74) is 1.06. The normalized spacial score (nSPS) is 12.2. The Hall–Kier alpha value is -1.42. The first-order chi connectivity index (χ1) is 9.67. The Balaban J connectivity index is 2.51. The molecule has 1 aromatic rings. The van der Waals surface area contributed by atoms with E-state index in [2.05, 4.69) is 12.2 Å². The zero-order valence-corrected chi connectivity index (χ0v) is 12.3. The Morgan fingerprint density at radius 2 is 2.00 bits per heavy atom. The molecule has 0 bridgehead atoms. The standard InChI is InChI=1S/C16H24FNO2/c1-3-5-6-15(13-7-9-14(17)10-8-13)18-12-11-16(19)20-4-2/h7-10,15,18H,3-6,11-12H2,1-2H3. The fraction of sp³-hybridized carbons (Fsp3) is 0.562. The second-order valence-corrected chi connectivity index (χ2v) is 4.76. The second kappa shape index (κ2) is 9.48. The van der Waals surface area contributed by atoms with E-state index < -0.39 is 0 Å². The molecule has 0 aromatic heterocycles. The van der Waals surface area contributed by atoms with Crippen molar-refractivity contribution in [3.63, 3.8) is 0 Å². The molecular formula is C16H24FNO2. The van der Waals surface area contributed by atoms with Crippen LogP contribution in [-0.4, -0.2) is 19.1 Å². The van der Waals surface area contributed by atoms with Crippen molar-refractivity contribution < 1.29 is 13.9 Å². The maximum Gasteiger partial charge on any atom is 0.307 e. The maximum atomic E-state index is 13.0. The molecule has 0 aliphatic carbocycles. The largest absolute Gasteiger partial charge is 0.466 e. The minimum atomic E-state index is -0.227. The lowest BCUT2D eigenvalue weighted by molar-refractivity contribution is -0.143. The molecule has 1 aromatic carbocycles. The van der Waals surface area contributed by atoms with Crippen molar-refractivity contribution in [1.82, 2.24) is 5.32 Å². The van der Waals surface area contributed by atoms with Crippen LogP contribution in [0.25, 0.3) is 0 Å². The summed E-state index contributed by atoms with van der Waals surface area (Å²) in [6.45, 7) is 4.93. The van der Waals surface area contributed by atoms with E-state index in [1.54, 1.807) is 19.1 Å². The fourth-order valence-corrected chi connectivity index (χ4v) is 2.07. The van der Waals surface area contributed by atoms with Gasteiger partial charge in [0.25, 0.3) is 0 Å². The van der Waals surface area contributed by atoms with Gasteiger partial charge in [-0.1, -0.05) is 31.9 Å². The first-order valence-corrected chi connectivity index (χ1v) is 7.31. The Morgan fingerprint density at radius 3 is 2.60 bits per heavy atom. The van der Waals surface area contributed by atoms with E-state index in [1.165, 1.54) is 12.1 Å². The van der Waals surface area contributed by atoms with Gasteiger partial charge in [-0.2, -0.15) is 0 Å². The number of halogens is 1.